The standard InChI is InChI=1S/C23H31N5O8S2/c1-26-5-3-4-15(26)21(32)25-14-7-17(23(35)36)28(9-14)20(31)12-38-11-19(30)27-8-13(6-16(27)22(33)34)24-18(29)10-37-2/h3-5,13-14,16-17H,6-12H2,1-2H3,(H,24,29)(H,25,32)(H,33,34)(H,35,36)/t13-,14-,16-,17-/m0/s1. The van der Waals surface area contributed by atoms with Crippen LogP contribution in [0.1, 0.15) is 23.3 Å². The minimum atomic E-state index is -1.19. The molecule has 15 heteroatoms. The van der Waals surface area contributed by atoms with Crippen molar-refractivity contribution in [2.45, 2.75) is 37.0 Å². The summed E-state index contributed by atoms with van der Waals surface area (Å²) in [6.45, 7) is 0.0747. The van der Waals surface area contributed by atoms with Gasteiger partial charge in [0.25, 0.3) is 5.91 Å². The molecule has 2 aliphatic heterocycles. The molecule has 0 aromatic carbocycles. The van der Waals surface area contributed by atoms with Crippen LogP contribution in [0.25, 0.3) is 0 Å². The first-order chi connectivity index (χ1) is 18.0. The van der Waals surface area contributed by atoms with Crippen LogP contribution >= 0.6 is 23.5 Å². The first kappa shape index (κ1) is 29.4. The number of nitrogens with zero attached hydrogens (tertiary/aromatic N) is 3. The number of aryl methyl sites for hydroxylation is 1. The highest BCUT2D eigenvalue weighted by atomic mass is 32.2. The molecule has 38 heavy (non-hydrogen) atoms. The Labute approximate surface area is 227 Å². The molecule has 0 radical (unpaired) electrons. The minimum absolute atomic E-state index is 0.0190. The minimum Gasteiger partial charge on any atom is -0.480 e. The highest BCUT2D eigenvalue weighted by molar-refractivity contribution is 8.00. The third-order valence-electron chi connectivity index (χ3n) is 6.42. The van der Waals surface area contributed by atoms with Crippen LogP contribution in [-0.4, -0.2) is 121 Å². The summed E-state index contributed by atoms with van der Waals surface area (Å²) >= 11 is 2.29. The van der Waals surface area contributed by atoms with Crippen molar-refractivity contribution in [1.29, 1.82) is 0 Å². The monoisotopic (exact) mass is 569 g/mol. The van der Waals surface area contributed by atoms with Gasteiger partial charge in [-0.1, -0.05) is 0 Å². The number of carbonyl (C=O) groups excluding carboxylic acids is 4. The van der Waals surface area contributed by atoms with E-state index in [2.05, 4.69) is 10.6 Å². The lowest BCUT2D eigenvalue weighted by Gasteiger charge is -2.23. The molecule has 2 saturated heterocycles. The fourth-order valence-corrected chi connectivity index (χ4v) is 5.78. The average molecular weight is 570 g/mol. The van der Waals surface area contributed by atoms with Gasteiger partial charge in [0.15, 0.2) is 0 Å². The number of amides is 4. The number of aromatic nitrogens is 1. The van der Waals surface area contributed by atoms with E-state index in [-0.39, 0.29) is 55.0 Å². The molecule has 3 heterocycles. The second-order valence-electron chi connectivity index (χ2n) is 9.14. The fourth-order valence-electron chi connectivity index (χ4n) is 4.65. The fraction of sp³-hybridized carbons (Fsp3) is 0.565. The molecule has 1 aromatic rings. The second-order valence-corrected chi connectivity index (χ2v) is 11.0. The van der Waals surface area contributed by atoms with Gasteiger partial charge in [0.05, 0.1) is 17.3 Å². The Bertz CT molecular complexity index is 1100. The highest BCUT2D eigenvalue weighted by Crippen LogP contribution is 2.22. The number of rotatable bonds is 11. The molecule has 0 aliphatic carbocycles. The highest BCUT2D eigenvalue weighted by Gasteiger charge is 2.42. The topological polar surface area (TPSA) is 178 Å². The third-order valence-corrected chi connectivity index (χ3v) is 7.87. The van der Waals surface area contributed by atoms with E-state index in [0.717, 1.165) is 11.8 Å². The molecule has 4 N–H and O–H groups in total. The molecule has 0 spiro atoms. The maximum Gasteiger partial charge on any atom is 0.326 e. The lowest BCUT2D eigenvalue weighted by Crippen LogP contribution is -2.44. The SMILES string of the molecule is CSCC(=O)N[C@H]1C[C@@H](C(=O)O)N(C(=O)CSCC(=O)N2C[C@@H](NC(=O)c3cccn3C)C[C@H]2C(=O)O)C1. The molecule has 0 saturated carbocycles. The summed E-state index contributed by atoms with van der Waals surface area (Å²) in [6, 6.07) is 0.120. The number of carboxylic acids is 2. The number of carboxylic acid groups (broad SMARTS) is 2. The molecule has 4 amide bonds. The second kappa shape index (κ2) is 13.0. The van der Waals surface area contributed by atoms with Crippen LogP contribution in [-0.2, 0) is 31.0 Å². The van der Waals surface area contributed by atoms with Gasteiger partial charge in [-0.25, -0.2) is 9.59 Å². The van der Waals surface area contributed by atoms with Gasteiger partial charge >= 0.3 is 11.9 Å². The Balaban J connectivity index is 1.52. The predicted molar refractivity (Wildman–Crippen MR) is 140 cm³/mol. The lowest BCUT2D eigenvalue weighted by atomic mass is 10.1. The van der Waals surface area contributed by atoms with Gasteiger partial charge < -0.3 is 35.2 Å². The van der Waals surface area contributed by atoms with Gasteiger partial charge in [-0.3, -0.25) is 19.2 Å². The van der Waals surface area contributed by atoms with E-state index in [9.17, 15) is 39.0 Å². The Hall–Kier alpha value is -3.20. The van der Waals surface area contributed by atoms with Gasteiger partial charge in [-0.05, 0) is 18.4 Å². The number of thioether (sulfide) groups is 2. The van der Waals surface area contributed by atoms with Crippen LogP contribution in [0.4, 0.5) is 0 Å². The molecule has 13 nitrogen and oxygen atoms in total. The van der Waals surface area contributed by atoms with Crippen LogP contribution in [0, 0.1) is 0 Å². The van der Waals surface area contributed by atoms with E-state index in [1.54, 1.807) is 36.2 Å². The zero-order chi connectivity index (χ0) is 28.0. The van der Waals surface area contributed by atoms with E-state index < -0.39 is 47.9 Å². The van der Waals surface area contributed by atoms with Crippen molar-refractivity contribution in [1.82, 2.24) is 25.0 Å². The molecule has 2 fully saturated rings. The third kappa shape index (κ3) is 7.22. The number of carbonyl (C=O) groups is 6. The summed E-state index contributed by atoms with van der Waals surface area (Å²) in [7, 11) is 1.71. The van der Waals surface area contributed by atoms with Crippen molar-refractivity contribution in [3.63, 3.8) is 0 Å². The number of likely N-dealkylation sites (tertiary alicyclic amines) is 2. The first-order valence-electron chi connectivity index (χ1n) is 11.8. The largest absolute Gasteiger partial charge is 0.480 e. The number of hydrogen-bond donors (Lipinski definition) is 4. The summed E-state index contributed by atoms with van der Waals surface area (Å²) in [5.74, 6) is -4.10. The molecular formula is C23H31N5O8S2. The smallest absolute Gasteiger partial charge is 0.326 e. The number of nitrogens with one attached hydrogen (secondary N) is 2. The average Bonchev–Trinajstić information content (AvgIpc) is 3.57. The number of hydrogen-bond acceptors (Lipinski definition) is 8. The van der Waals surface area contributed by atoms with E-state index in [1.165, 1.54) is 21.6 Å². The van der Waals surface area contributed by atoms with E-state index in [1.807, 2.05) is 0 Å². The number of aliphatic carboxylic acids is 2. The maximum atomic E-state index is 12.8. The van der Waals surface area contributed by atoms with Crippen LogP contribution < -0.4 is 10.6 Å². The summed E-state index contributed by atoms with van der Waals surface area (Å²) in [5.41, 5.74) is 0.406. The Morgan fingerprint density at radius 3 is 1.87 bits per heavy atom. The van der Waals surface area contributed by atoms with Gasteiger partial charge in [0, 0.05) is 51.3 Å². The quantitative estimate of drug-likeness (QED) is 0.260. The van der Waals surface area contributed by atoms with Gasteiger partial charge in [0.1, 0.15) is 17.8 Å². The molecule has 0 unspecified atom stereocenters. The van der Waals surface area contributed by atoms with Crippen LogP contribution in [0.5, 0.6) is 0 Å². The zero-order valence-electron chi connectivity index (χ0n) is 21.0. The Morgan fingerprint density at radius 2 is 1.42 bits per heavy atom. The zero-order valence-corrected chi connectivity index (χ0v) is 22.6. The molecular weight excluding hydrogens is 538 g/mol. The van der Waals surface area contributed by atoms with Crippen molar-refractivity contribution in [3.05, 3.63) is 24.0 Å². The maximum absolute atomic E-state index is 12.8. The van der Waals surface area contributed by atoms with Crippen LogP contribution in [0.3, 0.4) is 0 Å². The lowest BCUT2D eigenvalue weighted by molar-refractivity contribution is -0.147. The molecule has 1 aromatic heterocycles. The van der Waals surface area contributed by atoms with Crippen molar-refractivity contribution in [2.24, 2.45) is 7.05 Å². The summed E-state index contributed by atoms with van der Waals surface area (Å²) in [4.78, 5) is 75.8. The van der Waals surface area contributed by atoms with Gasteiger partial charge in [-0.15, -0.1) is 11.8 Å². The summed E-state index contributed by atoms with van der Waals surface area (Å²) in [5, 5.41) is 24.6. The Kier molecular flexibility index (Phi) is 10.1. The van der Waals surface area contributed by atoms with Crippen molar-refractivity contribution in [2.75, 3.05) is 36.6 Å². The van der Waals surface area contributed by atoms with Crippen LogP contribution in [0.15, 0.2) is 18.3 Å². The normalized spacial score (nSPS) is 22.8. The van der Waals surface area contributed by atoms with Crippen molar-refractivity contribution in [3.8, 4) is 0 Å². The predicted octanol–water partition coefficient (Wildman–Crippen LogP) is -0.924. The van der Waals surface area contributed by atoms with Crippen LogP contribution in [0.2, 0.25) is 0 Å². The first-order valence-corrected chi connectivity index (χ1v) is 14.4. The van der Waals surface area contributed by atoms with Crippen molar-refractivity contribution >= 4 is 59.1 Å². The van der Waals surface area contributed by atoms with Gasteiger partial charge in [-0.2, -0.15) is 11.8 Å². The molecule has 2 aliphatic rings. The summed E-state index contributed by atoms with van der Waals surface area (Å²) in [6.07, 6.45) is 3.62. The molecule has 208 valence electrons. The van der Waals surface area contributed by atoms with E-state index >= 15 is 0 Å². The Morgan fingerprint density at radius 1 is 0.895 bits per heavy atom. The molecule has 0 bridgehead atoms. The van der Waals surface area contributed by atoms with Gasteiger partial charge in [0.2, 0.25) is 17.7 Å². The molecule has 4 atom stereocenters. The molecule has 3 rings (SSSR count). The van der Waals surface area contributed by atoms with Crippen molar-refractivity contribution < 1.29 is 39.0 Å². The summed E-state index contributed by atoms with van der Waals surface area (Å²) < 4.78 is 1.63. The van der Waals surface area contributed by atoms with E-state index in [0.29, 0.717) is 5.69 Å². The van der Waals surface area contributed by atoms with E-state index in [4.69, 9.17) is 0 Å².